The van der Waals surface area contributed by atoms with Crippen molar-refractivity contribution >= 4 is 5.97 Å². The molecule has 1 N–H and O–H groups in total. The summed E-state index contributed by atoms with van der Waals surface area (Å²) in [5.41, 5.74) is 2.39. The minimum Gasteiger partial charge on any atom is -0.488 e. The zero-order valence-electron chi connectivity index (χ0n) is 11.8. The monoisotopic (exact) mass is 274 g/mol. The summed E-state index contributed by atoms with van der Waals surface area (Å²) in [6, 6.07) is 9.10. The fraction of sp³-hybridized carbons (Fsp3) is 0.333. The third kappa shape index (κ3) is 2.82. The summed E-state index contributed by atoms with van der Waals surface area (Å²) in [6.45, 7) is 3.83. The molecule has 5 heteroatoms. The Balaban J connectivity index is 2.16. The number of aromatic nitrogens is 2. The van der Waals surface area contributed by atoms with Gasteiger partial charge in [0.15, 0.2) is 5.75 Å². The van der Waals surface area contributed by atoms with Crippen LogP contribution in [0.4, 0.5) is 0 Å². The molecule has 0 spiro atoms. The zero-order chi connectivity index (χ0) is 14.7. The average Bonchev–Trinajstić information content (AvgIpc) is 2.66. The van der Waals surface area contributed by atoms with E-state index in [-0.39, 0.29) is 6.61 Å². The minimum atomic E-state index is -0.893. The van der Waals surface area contributed by atoms with E-state index in [0.717, 1.165) is 17.0 Å². The quantitative estimate of drug-likeness (QED) is 0.908. The van der Waals surface area contributed by atoms with Crippen molar-refractivity contribution in [1.82, 2.24) is 9.78 Å². The van der Waals surface area contributed by atoms with E-state index < -0.39 is 11.9 Å². The van der Waals surface area contributed by atoms with Gasteiger partial charge in [0, 0.05) is 7.05 Å². The minimum absolute atomic E-state index is 0.0900. The van der Waals surface area contributed by atoms with Crippen molar-refractivity contribution in [2.24, 2.45) is 7.05 Å². The van der Waals surface area contributed by atoms with Crippen LogP contribution in [0.1, 0.15) is 22.9 Å². The predicted molar refractivity (Wildman–Crippen MR) is 75.0 cm³/mol. The summed E-state index contributed by atoms with van der Waals surface area (Å²) < 4.78 is 7.43. The van der Waals surface area contributed by atoms with Gasteiger partial charge in [-0.1, -0.05) is 30.3 Å². The smallest absolute Gasteiger partial charge is 0.314 e. The molecular weight excluding hydrogens is 256 g/mol. The number of rotatable bonds is 5. The molecule has 2 rings (SSSR count). The molecule has 0 saturated heterocycles. The van der Waals surface area contributed by atoms with E-state index in [2.05, 4.69) is 5.10 Å². The van der Waals surface area contributed by atoms with Crippen LogP contribution in [0.25, 0.3) is 0 Å². The molecule has 0 aliphatic rings. The first-order valence-corrected chi connectivity index (χ1v) is 6.41. The zero-order valence-corrected chi connectivity index (χ0v) is 11.8. The van der Waals surface area contributed by atoms with Gasteiger partial charge in [0.25, 0.3) is 0 Å². The summed E-state index contributed by atoms with van der Waals surface area (Å²) >= 11 is 0. The highest BCUT2D eigenvalue weighted by Crippen LogP contribution is 2.24. The lowest BCUT2D eigenvalue weighted by molar-refractivity contribution is -0.139. The van der Waals surface area contributed by atoms with Crippen LogP contribution >= 0.6 is 0 Å². The average molecular weight is 274 g/mol. The number of carboxylic acid groups (broad SMARTS) is 1. The molecule has 0 amide bonds. The number of benzene rings is 1. The molecule has 106 valence electrons. The highest BCUT2D eigenvalue weighted by molar-refractivity contribution is 5.76. The molecule has 20 heavy (non-hydrogen) atoms. The second kappa shape index (κ2) is 5.77. The molecule has 0 aliphatic carbocycles. The summed E-state index contributed by atoms with van der Waals surface area (Å²) in [5, 5.41) is 13.6. The van der Waals surface area contributed by atoms with E-state index in [1.54, 1.807) is 16.8 Å². The molecule has 0 saturated carbocycles. The standard InChI is InChI=1S/C15H18N2O3/c1-10-14(11(2)17(3)16-10)20-9-13(15(18)19)12-7-5-4-6-8-12/h4-8,13H,9H2,1-3H3,(H,18,19). The van der Waals surface area contributed by atoms with E-state index in [1.165, 1.54) is 0 Å². The molecule has 0 bridgehead atoms. The van der Waals surface area contributed by atoms with E-state index in [0.29, 0.717) is 5.75 Å². The second-order valence-corrected chi connectivity index (χ2v) is 4.74. The highest BCUT2D eigenvalue weighted by Gasteiger charge is 2.22. The maximum Gasteiger partial charge on any atom is 0.314 e. The number of carbonyl (C=O) groups is 1. The Kier molecular flexibility index (Phi) is 4.08. The van der Waals surface area contributed by atoms with Gasteiger partial charge in [-0.05, 0) is 19.4 Å². The molecule has 0 radical (unpaired) electrons. The summed E-state index contributed by atoms with van der Waals surface area (Å²) in [4.78, 5) is 11.4. The normalized spacial score (nSPS) is 12.2. The Hall–Kier alpha value is -2.30. The van der Waals surface area contributed by atoms with Crippen LogP contribution in [0.5, 0.6) is 5.75 Å². The van der Waals surface area contributed by atoms with Gasteiger partial charge < -0.3 is 9.84 Å². The lowest BCUT2D eigenvalue weighted by atomic mass is 10.0. The summed E-state index contributed by atoms with van der Waals surface area (Å²) in [7, 11) is 1.83. The maximum absolute atomic E-state index is 11.4. The van der Waals surface area contributed by atoms with Gasteiger partial charge in [0.05, 0.1) is 5.69 Å². The van der Waals surface area contributed by atoms with Gasteiger partial charge in [0.1, 0.15) is 18.2 Å². The van der Waals surface area contributed by atoms with Gasteiger partial charge in [-0.15, -0.1) is 0 Å². The third-order valence-electron chi connectivity index (χ3n) is 3.34. The molecule has 2 aromatic rings. The number of ether oxygens (including phenoxy) is 1. The number of nitrogens with zero attached hydrogens (tertiary/aromatic N) is 2. The van der Waals surface area contributed by atoms with Gasteiger partial charge in [0.2, 0.25) is 0 Å². The van der Waals surface area contributed by atoms with Crippen LogP contribution in [-0.2, 0) is 11.8 Å². The van der Waals surface area contributed by atoms with Gasteiger partial charge in [-0.25, -0.2) is 0 Å². The summed E-state index contributed by atoms with van der Waals surface area (Å²) in [5.74, 6) is -0.916. The van der Waals surface area contributed by atoms with Crippen molar-refractivity contribution in [3.63, 3.8) is 0 Å². The number of aliphatic carboxylic acids is 1. The Morgan fingerprint density at radius 3 is 2.50 bits per heavy atom. The first-order chi connectivity index (χ1) is 9.50. The van der Waals surface area contributed by atoms with E-state index in [4.69, 9.17) is 4.74 Å². The molecule has 1 heterocycles. The van der Waals surface area contributed by atoms with Crippen molar-refractivity contribution in [3.05, 3.63) is 47.3 Å². The van der Waals surface area contributed by atoms with Crippen molar-refractivity contribution in [1.29, 1.82) is 0 Å². The number of hydrogen-bond acceptors (Lipinski definition) is 3. The molecule has 1 aromatic carbocycles. The second-order valence-electron chi connectivity index (χ2n) is 4.74. The molecule has 0 fully saturated rings. The summed E-state index contributed by atoms with van der Waals surface area (Å²) in [6.07, 6.45) is 0. The Morgan fingerprint density at radius 2 is 2.00 bits per heavy atom. The molecule has 1 atom stereocenters. The predicted octanol–water partition coefficient (Wildman–Crippen LogP) is 2.28. The third-order valence-corrected chi connectivity index (χ3v) is 3.34. The van der Waals surface area contributed by atoms with Crippen LogP contribution < -0.4 is 4.74 Å². The topological polar surface area (TPSA) is 64.4 Å². The SMILES string of the molecule is Cc1nn(C)c(C)c1OCC(C(=O)O)c1ccccc1. The van der Waals surface area contributed by atoms with Crippen molar-refractivity contribution in [2.75, 3.05) is 6.61 Å². The molecule has 0 aliphatic heterocycles. The number of carboxylic acids is 1. The van der Waals surface area contributed by atoms with Crippen LogP contribution in [-0.4, -0.2) is 27.5 Å². The van der Waals surface area contributed by atoms with Gasteiger partial charge in [-0.2, -0.15) is 5.10 Å². The van der Waals surface area contributed by atoms with Crippen molar-refractivity contribution in [3.8, 4) is 5.75 Å². The first-order valence-electron chi connectivity index (χ1n) is 6.41. The number of aryl methyl sites for hydroxylation is 2. The Bertz CT molecular complexity index is 605. The Morgan fingerprint density at radius 1 is 1.35 bits per heavy atom. The van der Waals surface area contributed by atoms with Crippen molar-refractivity contribution < 1.29 is 14.6 Å². The lowest BCUT2D eigenvalue weighted by Crippen LogP contribution is -2.19. The molecular formula is C15H18N2O3. The lowest BCUT2D eigenvalue weighted by Gasteiger charge is -2.14. The van der Waals surface area contributed by atoms with Crippen LogP contribution in [0, 0.1) is 13.8 Å². The van der Waals surface area contributed by atoms with E-state index in [1.807, 2.05) is 39.1 Å². The fourth-order valence-electron chi connectivity index (χ4n) is 2.13. The van der Waals surface area contributed by atoms with E-state index >= 15 is 0 Å². The van der Waals surface area contributed by atoms with Gasteiger partial charge in [-0.3, -0.25) is 9.48 Å². The maximum atomic E-state index is 11.4. The molecule has 1 aromatic heterocycles. The molecule has 1 unspecified atom stereocenters. The van der Waals surface area contributed by atoms with Crippen LogP contribution in [0.3, 0.4) is 0 Å². The Labute approximate surface area is 117 Å². The largest absolute Gasteiger partial charge is 0.488 e. The highest BCUT2D eigenvalue weighted by atomic mass is 16.5. The van der Waals surface area contributed by atoms with Crippen LogP contribution in [0.15, 0.2) is 30.3 Å². The number of hydrogen-bond donors (Lipinski definition) is 1. The molecule has 5 nitrogen and oxygen atoms in total. The van der Waals surface area contributed by atoms with Gasteiger partial charge >= 0.3 is 5.97 Å². The van der Waals surface area contributed by atoms with E-state index in [9.17, 15) is 9.90 Å². The van der Waals surface area contributed by atoms with Crippen LogP contribution in [0.2, 0.25) is 0 Å². The fourth-order valence-corrected chi connectivity index (χ4v) is 2.13. The van der Waals surface area contributed by atoms with Crippen molar-refractivity contribution in [2.45, 2.75) is 19.8 Å². The first kappa shape index (κ1) is 14.1.